The highest BCUT2D eigenvalue weighted by atomic mass is 80.0. The van der Waals surface area contributed by atoms with E-state index in [0.29, 0.717) is 26.2 Å². The van der Waals surface area contributed by atoms with Gasteiger partial charge in [0.1, 0.15) is 0 Å². The van der Waals surface area contributed by atoms with Gasteiger partial charge in [0.05, 0.1) is 0 Å². The number of rotatable bonds is 4. The van der Waals surface area contributed by atoms with Crippen LogP contribution in [0.4, 0.5) is 0 Å². The largest absolute Gasteiger partial charge is 0.249 e. The van der Waals surface area contributed by atoms with E-state index in [1.807, 2.05) is 0 Å². The Balaban J connectivity index is 2.41. The van der Waals surface area contributed by atoms with Crippen molar-refractivity contribution in [3.05, 3.63) is 0 Å². The Labute approximate surface area is 172 Å². The maximum atomic E-state index is 11.9. The topological polar surface area (TPSA) is 59.1 Å². The van der Waals surface area contributed by atoms with Crippen LogP contribution in [0.15, 0.2) is 0 Å². The molecule has 14 heteroatoms. The van der Waals surface area contributed by atoms with Crippen LogP contribution in [0.25, 0.3) is 0 Å². The average molecular weight is 716 g/mol. The third kappa shape index (κ3) is 8.22. The summed E-state index contributed by atoms with van der Waals surface area (Å²) in [6, 6.07) is 0. The van der Waals surface area contributed by atoms with Gasteiger partial charge in [-0.15, -0.1) is 0 Å². The van der Waals surface area contributed by atoms with Gasteiger partial charge in [0.25, 0.3) is 0 Å². The van der Waals surface area contributed by atoms with Crippen molar-refractivity contribution in [1.82, 2.24) is 9.37 Å². The van der Waals surface area contributed by atoms with Crippen molar-refractivity contribution >= 4 is 118 Å². The van der Waals surface area contributed by atoms with Crippen LogP contribution in [0, 0.1) is 0 Å². The molecule has 1 rings (SSSR count). The molecule has 1 fully saturated rings. The van der Waals surface area contributed by atoms with Crippen LogP contribution in [-0.4, -0.2) is 47.8 Å². The Morgan fingerprint density at radius 2 is 1.40 bits per heavy atom. The third-order valence-electron chi connectivity index (χ3n) is 1.94. The molecule has 0 spiro atoms. The summed E-state index contributed by atoms with van der Waals surface area (Å²) in [6.45, 7) is 1.80. The molecule has 20 heavy (non-hydrogen) atoms. The van der Waals surface area contributed by atoms with Gasteiger partial charge < -0.3 is 0 Å². The van der Waals surface area contributed by atoms with E-state index in [-0.39, 0.29) is 0 Å². The smallest absolute Gasteiger partial charge is 0.237 e. The third-order valence-corrected chi connectivity index (χ3v) is 7.35. The summed E-state index contributed by atoms with van der Waals surface area (Å²) in [5.74, 6) is 0. The zero-order chi connectivity index (χ0) is 15.6. The first-order valence-corrected chi connectivity index (χ1v) is 11.7. The Bertz CT molecular complexity index is 381. The van der Waals surface area contributed by atoms with E-state index in [1.54, 1.807) is 9.37 Å². The second-order valence-corrected chi connectivity index (χ2v) is 20.6. The fourth-order valence-electron chi connectivity index (χ4n) is 1.16. The number of hydrogen-bond donors (Lipinski definition) is 0. The Kier molecular flexibility index (Phi) is 9.40. The molecule has 2 atom stereocenters. The van der Waals surface area contributed by atoms with Crippen LogP contribution in [0.3, 0.4) is 0 Å². The first-order chi connectivity index (χ1) is 8.99. The molecule has 1 aliphatic heterocycles. The standard InChI is InChI=1S/C6H8Br6N2O4S2/c7-5(8,9)17-20(16)14-3-1-13(2-4-14)18-19(15)6(10,11)12/h1-4H2. The molecule has 0 saturated carbocycles. The summed E-state index contributed by atoms with van der Waals surface area (Å²) in [7, 11) is 0. The SMILES string of the molecule is O=S(OC(Br)(Br)Br)N1CCN(OS(=O)C(Br)(Br)Br)CC1. The maximum absolute atomic E-state index is 11.9. The van der Waals surface area contributed by atoms with Gasteiger partial charge in [-0.1, -0.05) is 0 Å². The van der Waals surface area contributed by atoms with Gasteiger partial charge in [-0.3, -0.25) is 0 Å². The molecule has 0 aromatic heterocycles. The summed E-state index contributed by atoms with van der Waals surface area (Å²) in [5.41, 5.74) is 0. The molecular formula is C6H8Br6N2O4S2. The Hall–Kier alpha value is 3.02. The molecule has 0 aromatic rings. The van der Waals surface area contributed by atoms with E-state index in [4.69, 9.17) is 8.47 Å². The first-order valence-electron chi connectivity index (χ1n) is 4.84. The molecule has 0 radical (unpaired) electrons. The van der Waals surface area contributed by atoms with Crippen LogP contribution in [0.2, 0.25) is 0 Å². The van der Waals surface area contributed by atoms with E-state index in [0.717, 1.165) is 0 Å². The van der Waals surface area contributed by atoms with Crippen molar-refractivity contribution < 1.29 is 16.9 Å². The summed E-state index contributed by atoms with van der Waals surface area (Å²) in [4.78, 5) is 0. The van der Waals surface area contributed by atoms with Crippen molar-refractivity contribution in [2.75, 3.05) is 26.2 Å². The van der Waals surface area contributed by atoms with E-state index in [9.17, 15) is 8.42 Å². The van der Waals surface area contributed by atoms with Crippen LogP contribution >= 0.6 is 95.6 Å². The number of hydrogen-bond acceptors (Lipinski definition) is 5. The molecule has 0 N–H and O–H groups in total. The summed E-state index contributed by atoms with van der Waals surface area (Å²) < 4.78 is 33.6. The number of halogens is 6. The number of nitrogens with zero attached hydrogens (tertiary/aromatic N) is 2. The van der Waals surface area contributed by atoms with Gasteiger partial charge in [-0.25, -0.2) is 12.6 Å². The van der Waals surface area contributed by atoms with Crippen LogP contribution in [0.1, 0.15) is 0 Å². The molecule has 1 saturated heterocycles. The highest BCUT2D eigenvalue weighted by Gasteiger charge is 2.33. The summed E-state index contributed by atoms with van der Waals surface area (Å²) >= 11 is 15.5. The minimum atomic E-state index is -1.64. The number of piperazine rings is 1. The zero-order valence-corrected chi connectivity index (χ0v) is 20.6. The maximum Gasteiger partial charge on any atom is 0.249 e. The molecule has 1 heterocycles. The van der Waals surface area contributed by atoms with Gasteiger partial charge in [0.15, 0.2) is 0 Å². The van der Waals surface area contributed by atoms with E-state index >= 15 is 0 Å². The van der Waals surface area contributed by atoms with E-state index in [1.165, 1.54) is 0 Å². The molecule has 120 valence electrons. The van der Waals surface area contributed by atoms with Crippen LogP contribution in [-0.2, 0) is 30.8 Å². The predicted octanol–water partition coefficient (Wildman–Crippen LogP) is 3.39. The average Bonchev–Trinajstić information content (AvgIpc) is 2.26. The molecule has 1 aliphatic rings. The molecule has 0 bridgehead atoms. The van der Waals surface area contributed by atoms with E-state index < -0.39 is 26.2 Å². The molecule has 6 nitrogen and oxygen atoms in total. The van der Waals surface area contributed by atoms with Gasteiger partial charge in [-0.05, 0) is 95.6 Å². The molecular weight excluding hydrogens is 708 g/mol. The minimum Gasteiger partial charge on any atom is -0.237 e. The monoisotopic (exact) mass is 710 g/mol. The first kappa shape index (κ1) is 21.1. The second kappa shape index (κ2) is 8.92. The van der Waals surface area contributed by atoms with E-state index in [2.05, 4.69) is 95.6 Å². The predicted molar refractivity (Wildman–Crippen MR) is 101 cm³/mol. The molecule has 0 aromatic carbocycles. The summed E-state index contributed by atoms with van der Waals surface area (Å²) in [5, 5.41) is 1.55. The van der Waals surface area contributed by atoms with Crippen molar-refractivity contribution in [2.45, 2.75) is 3.80 Å². The van der Waals surface area contributed by atoms with Gasteiger partial charge in [0.2, 0.25) is 26.2 Å². The lowest BCUT2D eigenvalue weighted by atomic mass is 10.4. The highest BCUT2D eigenvalue weighted by molar-refractivity contribution is 9.42. The quantitative estimate of drug-likeness (QED) is 0.419. The fraction of sp³-hybridized carbons (Fsp3) is 1.00. The fourth-order valence-corrected chi connectivity index (χ4v) is 3.87. The van der Waals surface area contributed by atoms with Crippen molar-refractivity contribution in [2.24, 2.45) is 0 Å². The zero-order valence-electron chi connectivity index (χ0n) is 9.44. The van der Waals surface area contributed by atoms with Gasteiger partial charge in [0, 0.05) is 26.2 Å². The lowest BCUT2D eigenvalue weighted by Crippen LogP contribution is -2.48. The molecule has 0 aliphatic carbocycles. The number of alkyl halides is 6. The Morgan fingerprint density at radius 3 is 1.80 bits per heavy atom. The lowest BCUT2D eigenvalue weighted by molar-refractivity contribution is -0.0657. The van der Waals surface area contributed by atoms with Crippen LogP contribution in [0.5, 0.6) is 0 Å². The van der Waals surface area contributed by atoms with Gasteiger partial charge >= 0.3 is 0 Å². The van der Waals surface area contributed by atoms with Gasteiger partial charge in [-0.2, -0.15) is 13.7 Å². The Morgan fingerprint density at radius 1 is 0.900 bits per heavy atom. The van der Waals surface area contributed by atoms with Crippen molar-refractivity contribution in [1.29, 1.82) is 0 Å². The van der Waals surface area contributed by atoms with Crippen molar-refractivity contribution in [3.63, 3.8) is 0 Å². The van der Waals surface area contributed by atoms with Crippen LogP contribution < -0.4 is 0 Å². The summed E-state index contributed by atoms with van der Waals surface area (Å²) in [6.07, 6.45) is 0. The highest BCUT2D eigenvalue weighted by Crippen LogP contribution is 2.38. The lowest BCUT2D eigenvalue weighted by Gasteiger charge is -2.32. The molecule has 0 amide bonds. The molecule has 2 unspecified atom stereocenters. The number of hydroxylamine groups is 2. The minimum absolute atomic E-state index is 0.448. The second-order valence-electron chi connectivity index (χ2n) is 3.36. The normalized spacial score (nSPS) is 22.7. The van der Waals surface area contributed by atoms with Crippen molar-refractivity contribution in [3.8, 4) is 0 Å².